The van der Waals surface area contributed by atoms with Gasteiger partial charge in [0.1, 0.15) is 0 Å². The molecule has 6 N–H and O–H groups in total. The number of carboxylic acid groups (broad SMARTS) is 2. The van der Waals surface area contributed by atoms with Crippen LogP contribution in [0.25, 0.3) is 0 Å². The van der Waals surface area contributed by atoms with Crippen LogP contribution < -0.4 is 0 Å². The second-order valence-corrected chi connectivity index (χ2v) is 4.30. The van der Waals surface area contributed by atoms with E-state index in [2.05, 4.69) is 13.2 Å². The fraction of sp³-hybridized carbons (Fsp3) is 0.538. The highest BCUT2D eigenvalue weighted by molar-refractivity contribution is 5.85. The summed E-state index contributed by atoms with van der Waals surface area (Å²) in [6, 6.07) is 0. The average molecular weight is 308 g/mol. The van der Waals surface area contributed by atoms with Crippen LogP contribution in [-0.4, -0.2) is 69.0 Å². The molecular weight excluding hydrogens is 284 g/mol. The number of carbonyl (C=O) groups is 2. The Morgan fingerprint density at radius 3 is 0.905 bits per heavy atom. The molecule has 0 rings (SSSR count). The molecule has 0 aliphatic carbocycles. The molecule has 0 atom stereocenters. The summed E-state index contributed by atoms with van der Waals surface area (Å²) in [5, 5.41) is 49.8. The van der Waals surface area contributed by atoms with Gasteiger partial charge in [-0.15, -0.1) is 0 Å². The molecule has 0 amide bonds. The lowest BCUT2D eigenvalue weighted by Gasteiger charge is -2.23. The molecule has 0 fully saturated rings. The lowest BCUT2D eigenvalue weighted by atomic mass is 9.93. The van der Waals surface area contributed by atoms with E-state index in [4.69, 9.17) is 30.6 Å². The molecule has 21 heavy (non-hydrogen) atoms. The second kappa shape index (κ2) is 13.3. The molecule has 8 heteroatoms. The summed E-state index contributed by atoms with van der Waals surface area (Å²) in [6.07, 6.45) is 0. The van der Waals surface area contributed by atoms with Gasteiger partial charge in [-0.1, -0.05) is 13.2 Å². The number of aliphatic hydroxyl groups is 4. The highest BCUT2D eigenvalue weighted by Crippen LogP contribution is 2.11. The molecular formula is C13H24O8. The van der Waals surface area contributed by atoms with Crippen molar-refractivity contribution in [2.45, 2.75) is 13.8 Å². The smallest absolute Gasteiger partial charge is 0.330 e. The topological polar surface area (TPSA) is 156 Å². The van der Waals surface area contributed by atoms with Crippen LogP contribution in [0.1, 0.15) is 13.8 Å². The van der Waals surface area contributed by atoms with E-state index in [9.17, 15) is 9.59 Å². The predicted octanol–water partition coefficient (Wildman–Crippen LogP) is -0.764. The number of rotatable bonds is 6. The van der Waals surface area contributed by atoms with Crippen molar-refractivity contribution in [2.24, 2.45) is 5.41 Å². The molecule has 0 spiro atoms. The van der Waals surface area contributed by atoms with E-state index in [1.54, 1.807) is 0 Å². The molecule has 0 aromatic heterocycles. The van der Waals surface area contributed by atoms with Gasteiger partial charge in [0.25, 0.3) is 0 Å². The first-order valence-electron chi connectivity index (χ1n) is 5.74. The molecule has 0 aromatic carbocycles. The fourth-order valence-electron chi connectivity index (χ4n) is 0.300. The number of aliphatic hydroxyl groups excluding tert-OH is 4. The SMILES string of the molecule is C=C(C)C(=O)O.C=C(C)C(=O)O.OCC(CO)(CO)CO. The molecule has 0 heterocycles. The van der Waals surface area contributed by atoms with E-state index in [-0.39, 0.29) is 11.1 Å². The molecule has 0 saturated carbocycles. The van der Waals surface area contributed by atoms with E-state index in [0.29, 0.717) is 0 Å². The minimum Gasteiger partial charge on any atom is -0.478 e. The molecule has 0 radical (unpaired) electrons. The third-order valence-corrected chi connectivity index (χ3v) is 2.07. The summed E-state index contributed by atoms with van der Waals surface area (Å²) in [6.45, 7) is 7.58. The van der Waals surface area contributed by atoms with E-state index < -0.39 is 43.8 Å². The third-order valence-electron chi connectivity index (χ3n) is 2.07. The summed E-state index contributed by atoms with van der Waals surface area (Å²) in [4.78, 5) is 19.2. The normalized spacial score (nSPS) is 9.43. The summed E-state index contributed by atoms with van der Waals surface area (Å²) < 4.78 is 0. The van der Waals surface area contributed by atoms with Gasteiger partial charge in [-0.25, -0.2) is 9.59 Å². The lowest BCUT2D eigenvalue weighted by molar-refractivity contribution is -0.133. The van der Waals surface area contributed by atoms with Crippen LogP contribution in [0.5, 0.6) is 0 Å². The van der Waals surface area contributed by atoms with Crippen molar-refractivity contribution >= 4 is 11.9 Å². The van der Waals surface area contributed by atoms with Crippen LogP contribution in [0.15, 0.2) is 24.3 Å². The Balaban J connectivity index is -0.000000240. The van der Waals surface area contributed by atoms with Gasteiger partial charge in [0.05, 0.1) is 31.8 Å². The number of carboxylic acids is 2. The lowest BCUT2D eigenvalue weighted by Crippen LogP contribution is -2.37. The Morgan fingerprint density at radius 1 is 0.762 bits per heavy atom. The summed E-state index contributed by atoms with van der Waals surface area (Å²) in [7, 11) is 0. The van der Waals surface area contributed by atoms with Gasteiger partial charge in [-0.05, 0) is 13.8 Å². The quantitative estimate of drug-likeness (QED) is 0.350. The van der Waals surface area contributed by atoms with Crippen LogP contribution >= 0.6 is 0 Å². The molecule has 0 bridgehead atoms. The van der Waals surface area contributed by atoms with Crippen molar-refractivity contribution in [1.29, 1.82) is 0 Å². The van der Waals surface area contributed by atoms with E-state index in [0.717, 1.165) is 0 Å². The van der Waals surface area contributed by atoms with Gasteiger partial charge in [0.15, 0.2) is 0 Å². The highest BCUT2D eigenvalue weighted by atomic mass is 16.4. The Morgan fingerprint density at radius 2 is 0.905 bits per heavy atom. The Hall–Kier alpha value is -1.74. The Labute approximate surface area is 123 Å². The molecule has 124 valence electrons. The first-order valence-corrected chi connectivity index (χ1v) is 5.74. The monoisotopic (exact) mass is 308 g/mol. The van der Waals surface area contributed by atoms with E-state index >= 15 is 0 Å². The minimum absolute atomic E-state index is 0.176. The molecule has 0 unspecified atom stereocenters. The molecule has 0 aromatic rings. The summed E-state index contributed by atoms with van der Waals surface area (Å²) in [5.74, 6) is -1.87. The maximum absolute atomic E-state index is 9.60. The molecule has 0 aliphatic rings. The maximum atomic E-state index is 9.60. The van der Waals surface area contributed by atoms with Gasteiger partial charge < -0.3 is 30.6 Å². The second-order valence-electron chi connectivity index (χ2n) is 4.30. The van der Waals surface area contributed by atoms with Gasteiger partial charge in [-0.2, -0.15) is 0 Å². The number of hydrogen-bond acceptors (Lipinski definition) is 6. The van der Waals surface area contributed by atoms with Gasteiger partial charge in [0.2, 0.25) is 0 Å². The van der Waals surface area contributed by atoms with Crippen LogP contribution in [-0.2, 0) is 9.59 Å². The van der Waals surface area contributed by atoms with Crippen molar-refractivity contribution < 1.29 is 40.2 Å². The summed E-state index contributed by atoms with van der Waals surface area (Å²) >= 11 is 0. The number of hydrogen-bond donors (Lipinski definition) is 6. The largest absolute Gasteiger partial charge is 0.478 e. The van der Waals surface area contributed by atoms with Crippen LogP contribution in [0.3, 0.4) is 0 Å². The molecule has 8 nitrogen and oxygen atoms in total. The van der Waals surface area contributed by atoms with Crippen molar-refractivity contribution in [3.8, 4) is 0 Å². The third kappa shape index (κ3) is 14.5. The van der Waals surface area contributed by atoms with Crippen LogP contribution in [0.2, 0.25) is 0 Å². The predicted molar refractivity (Wildman–Crippen MR) is 75.7 cm³/mol. The van der Waals surface area contributed by atoms with E-state index in [1.165, 1.54) is 13.8 Å². The van der Waals surface area contributed by atoms with Crippen molar-refractivity contribution in [3.05, 3.63) is 24.3 Å². The van der Waals surface area contributed by atoms with Crippen molar-refractivity contribution in [2.75, 3.05) is 26.4 Å². The first kappa shape index (κ1) is 24.3. The number of aliphatic carboxylic acids is 2. The van der Waals surface area contributed by atoms with Gasteiger partial charge in [0, 0.05) is 11.1 Å². The van der Waals surface area contributed by atoms with Crippen LogP contribution in [0, 0.1) is 5.41 Å². The highest BCUT2D eigenvalue weighted by Gasteiger charge is 2.26. The minimum atomic E-state index is -1.11. The first-order chi connectivity index (χ1) is 9.53. The summed E-state index contributed by atoms with van der Waals surface area (Å²) in [5.41, 5.74) is -0.759. The van der Waals surface area contributed by atoms with Gasteiger partial charge in [-0.3, -0.25) is 0 Å². The van der Waals surface area contributed by atoms with Gasteiger partial charge >= 0.3 is 11.9 Å². The molecule has 0 aliphatic heterocycles. The maximum Gasteiger partial charge on any atom is 0.330 e. The average Bonchev–Trinajstić information content (AvgIpc) is 2.43. The standard InChI is InChI=1S/C5H12O4.2C4H6O2/c6-1-5(2-7,3-8)4-9;2*1-3(2)4(5)6/h6-9H,1-4H2;2*1H2,2H3,(H,5,6). The Kier molecular flexibility index (Phi) is 15.3. The van der Waals surface area contributed by atoms with E-state index in [1.807, 2.05) is 0 Å². The Bertz CT molecular complexity index is 279. The zero-order chi connectivity index (χ0) is 17.6. The zero-order valence-corrected chi connectivity index (χ0v) is 12.2. The van der Waals surface area contributed by atoms with Crippen molar-refractivity contribution in [3.63, 3.8) is 0 Å². The van der Waals surface area contributed by atoms with Crippen molar-refractivity contribution in [1.82, 2.24) is 0 Å². The van der Waals surface area contributed by atoms with Crippen LogP contribution in [0.4, 0.5) is 0 Å². The fourth-order valence-corrected chi connectivity index (χ4v) is 0.300. The molecule has 0 saturated heterocycles. The zero-order valence-electron chi connectivity index (χ0n) is 12.2.